The van der Waals surface area contributed by atoms with Crippen molar-refractivity contribution in [3.05, 3.63) is 58.6 Å². The first-order valence-corrected chi connectivity index (χ1v) is 6.63. The van der Waals surface area contributed by atoms with E-state index >= 15 is 0 Å². The summed E-state index contributed by atoms with van der Waals surface area (Å²) in [4.78, 5) is 0. The van der Waals surface area contributed by atoms with E-state index in [0.29, 0.717) is 16.5 Å². The molecule has 0 radical (unpaired) electrons. The average molecular weight is 292 g/mol. The highest BCUT2D eigenvalue weighted by Gasteiger charge is 2.25. The zero-order valence-electron chi connectivity index (χ0n) is 11.8. The Morgan fingerprint density at radius 2 is 1.40 bits per heavy atom. The number of rotatable bonds is 4. The van der Waals surface area contributed by atoms with Crippen molar-refractivity contribution >= 4 is 11.6 Å². The Kier molecular flexibility index (Phi) is 4.21. The lowest BCUT2D eigenvalue weighted by atomic mass is 9.85. The molecule has 0 spiro atoms. The maximum Gasteiger partial charge on any atom is 0.122 e. The molecule has 20 heavy (non-hydrogen) atoms. The van der Waals surface area contributed by atoms with Crippen molar-refractivity contribution in [3.8, 4) is 11.5 Å². The molecule has 0 aromatic heterocycles. The third-order valence-corrected chi connectivity index (χ3v) is 3.65. The van der Waals surface area contributed by atoms with Crippen LogP contribution in [0.1, 0.15) is 18.1 Å². The molecule has 3 nitrogen and oxygen atoms in total. The molecule has 2 aromatic rings. The van der Waals surface area contributed by atoms with Gasteiger partial charge < -0.3 is 15.2 Å². The molecule has 0 aliphatic carbocycles. The van der Waals surface area contributed by atoms with E-state index < -0.39 is 5.54 Å². The second-order valence-corrected chi connectivity index (χ2v) is 5.25. The summed E-state index contributed by atoms with van der Waals surface area (Å²) >= 11 is 5.92. The third kappa shape index (κ3) is 2.89. The van der Waals surface area contributed by atoms with Gasteiger partial charge in [-0.15, -0.1) is 0 Å². The zero-order chi connectivity index (χ0) is 14.8. The van der Waals surface area contributed by atoms with Crippen molar-refractivity contribution in [1.29, 1.82) is 0 Å². The summed E-state index contributed by atoms with van der Waals surface area (Å²) in [5.74, 6) is 1.43. The van der Waals surface area contributed by atoms with Crippen molar-refractivity contribution < 1.29 is 9.47 Å². The zero-order valence-corrected chi connectivity index (χ0v) is 12.6. The molecule has 2 aromatic carbocycles. The van der Waals surface area contributed by atoms with Gasteiger partial charge in [0.2, 0.25) is 0 Å². The minimum atomic E-state index is -0.660. The first-order chi connectivity index (χ1) is 9.47. The second kappa shape index (κ2) is 5.73. The Hall–Kier alpha value is -1.71. The van der Waals surface area contributed by atoms with Gasteiger partial charge in [0.05, 0.1) is 19.8 Å². The van der Waals surface area contributed by atoms with Crippen LogP contribution in [-0.2, 0) is 5.54 Å². The summed E-state index contributed by atoms with van der Waals surface area (Å²) in [6.45, 7) is 1.95. The predicted molar refractivity (Wildman–Crippen MR) is 81.6 cm³/mol. The predicted octanol–water partition coefficient (Wildman–Crippen LogP) is 3.58. The molecule has 2 rings (SSSR count). The fourth-order valence-electron chi connectivity index (χ4n) is 2.07. The van der Waals surface area contributed by atoms with Crippen LogP contribution in [0.2, 0.25) is 5.02 Å². The first-order valence-electron chi connectivity index (χ1n) is 6.26. The summed E-state index contributed by atoms with van der Waals surface area (Å²) in [7, 11) is 3.24. The molecule has 2 N–H and O–H groups in total. The SMILES string of the molecule is COc1cc(OC)cc(C(C)(N)c2ccc(Cl)cc2)c1. The summed E-state index contributed by atoms with van der Waals surface area (Å²) in [6.07, 6.45) is 0. The van der Waals surface area contributed by atoms with Gasteiger partial charge in [0, 0.05) is 11.1 Å². The number of nitrogens with two attached hydrogens (primary N) is 1. The van der Waals surface area contributed by atoms with Crippen LogP contribution in [0.4, 0.5) is 0 Å². The van der Waals surface area contributed by atoms with Crippen molar-refractivity contribution in [2.75, 3.05) is 14.2 Å². The highest BCUT2D eigenvalue weighted by atomic mass is 35.5. The lowest BCUT2D eigenvalue weighted by Gasteiger charge is -2.27. The highest BCUT2D eigenvalue weighted by molar-refractivity contribution is 6.30. The van der Waals surface area contributed by atoms with Crippen LogP contribution in [0, 0.1) is 0 Å². The molecule has 0 heterocycles. The second-order valence-electron chi connectivity index (χ2n) is 4.81. The van der Waals surface area contributed by atoms with Gasteiger partial charge in [-0.1, -0.05) is 23.7 Å². The maximum atomic E-state index is 6.50. The van der Waals surface area contributed by atoms with Gasteiger partial charge in [-0.05, 0) is 42.3 Å². The van der Waals surface area contributed by atoms with Crippen LogP contribution in [0.25, 0.3) is 0 Å². The molecule has 0 aliphatic rings. The minimum Gasteiger partial charge on any atom is -0.497 e. The van der Waals surface area contributed by atoms with Gasteiger partial charge in [0.15, 0.2) is 0 Å². The van der Waals surface area contributed by atoms with Crippen molar-refractivity contribution in [2.45, 2.75) is 12.5 Å². The topological polar surface area (TPSA) is 44.5 Å². The molecule has 0 bridgehead atoms. The number of hydrogen-bond donors (Lipinski definition) is 1. The first kappa shape index (κ1) is 14.7. The standard InChI is InChI=1S/C16H18ClNO2/c1-16(18,11-4-6-13(17)7-5-11)12-8-14(19-2)10-15(9-12)20-3/h4-10H,18H2,1-3H3. The van der Waals surface area contributed by atoms with E-state index in [1.807, 2.05) is 49.4 Å². The molecule has 0 aliphatic heterocycles. The van der Waals surface area contributed by atoms with Crippen LogP contribution in [0.5, 0.6) is 11.5 Å². The Morgan fingerprint density at radius 3 is 1.85 bits per heavy atom. The van der Waals surface area contributed by atoms with Crippen LogP contribution in [0.3, 0.4) is 0 Å². The fraction of sp³-hybridized carbons (Fsp3) is 0.250. The van der Waals surface area contributed by atoms with Crippen LogP contribution < -0.4 is 15.2 Å². The summed E-state index contributed by atoms with van der Waals surface area (Å²) in [5.41, 5.74) is 7.72. The Bertz CT molecular complexity index is 572. The van der Waals surface area contributed by atoms with Crippen molar-refractivity contribution in [1.82, 2.24) is 0 Å². The van der Waals surface area contributed by atoms with E-state index in [2.05, 4.69) is 0 Å². The Balaban J connectivity index is 2.49. The molecule has 1 atom stereocenters. The Labute approximate surface area is 124 Å². The van der Waals surface area contributed by atoms with Crippen molar-refractivity contribution in [3.63, 3.8) is 0 Å². The van der Waals surface area contributed by atoms with E-state index in [1.54, 1.807) is 14.2 Å². The third-order valence-electron chi connectivity index (χ3n) is 3.40. The average Bonchev–Trinajstić information content (AvgIpc) is 2.47. The largest absolute Gasteiger partial charge is 0.497 e. The van der Waals surface area contributed by atoms with Gasteiger partial charge in [-0.3, -0.25) is 0 Å². The molecule has 106 valence electrons. The van der Waals surface area contributed by atoms with Crippen molar-refractivity contribution in [2.24, 2.45) is 5.73 Å². The van der Waals surface area contributed by atoms with Gasteiger partial charge in [0.1, 0.15) is 11.5 Å². The summed E-state index contributed by atoms with van der Waals surface area (Å²) in [6, 6.07) is 13.2. The number of hydrogen-bond acceptors (Lipinski definition) is 3. The lowest BCUT2D eigenvalue weighted by molar-refractivity contribution is 0.391. The number of halogens is 1. The van der Waals surface area contributed by atoms with Gasteiger partial charge in [-0.2, -0.15) is 0 Å². The molecule has 0 saturated heterocycles. The lowest BCUT2D eigenvalue weighted by Crippen LogP contribution is -2.34. The molecular formula is C16H18ClNO2. The van der Waals surface area contributed by atoms with E-state index in [9.17, 15) is 0 Å². The summed E-state index contributed by atoms with van der Waals surface area (Å²) in [5, 5.41) is 0.688. The highest BCUT2D eigenvalue weighted by Crippen LogP contribution is 2.33. The smallest absolute Gasteiger partial charge is 0.122 e. The van der Waals surface area contributed by atoms with Gasteiger partial charge >= 0.3 is 0 Å². The number of ether oxygens (including phenoxy) is 2. The van der Waals surface area contributed by atoms with Crippen LogP contribution in [0.15, 0.2) is 42.5 Å². The number of methoxy groups -OCH3 is 2. The van der Waals surface area contributed by atoms with Gasteiger partial charge in [0.25, 0.3) is 0 Å². The van der Waals surface area contributed by atoms with Crippen LogP contribution in [-0.4, -0.2) is 14.2 Å². The molecule has 0 saturated carbocycles. The maximum absolute atomic E-state index is 6.50. The molecule has 0 fully saturated rings. The number of benzene rings is 2. The molecule has 4 heteroatoms. The minimum absolute atomic E-state index is 0.660. The van der Waals surface area contributed by atoms with Gasteiger partial charge in [-0.25, -0.2) is 0 Å². The summed E-state index contributed by atoms with van der Waals surface area (Å²) < 4.78 is 10.6. The van der Waals surface area contributed by atoms with E-state index in [4.69, 9.17) is 26.8 Å². The quantitative estimate of drug-likeness (QED) is 0.936. The van der Waals surface area contributed by atoms with E-state index in [0.717, 1.165) is 11.1 Å². The molecule has 0 amide bonds. The normalized spacial score (nSPS) is 13.7. The molecular weight excluding hydrogens is 274 g/mol. The van der Waals surface area contributed by atoms with E-state index in [1.165, 1.54) is 0 Å². The van der Waals surface area contributed by atoms with E-state index in [-0.39, 0.29) is 0 Å². The Morgan fingerprint density at radius 1 is 0.900 bits per heavy atom. The fourth-order valence-corrected chi connectivity index (χ4v) is 2.20. The monoisotopic (exact) mass is 291 g/mol. The van der Waals surface area contributed by atoms with Crippen LogP contribution >= 0.6 is 11.6 Å². The molecule has 1 unspecified atom stereocenters.